The predicted molar refractivity (Wildman–Crippen MR) is 212 cm³/mol. The number of imidazole rings is 1. The van der Waals surface area contributed by atoms with Crippen molar-refractivity contribution < 1.29 is 8.83 Å². The van der Waals surface area contributed by atoms with Crippen molar-refractivity contribution in [1.29, 1.82) is 0 Å². The van der Waals surface area contributed by atoms with Gasteiger partial charge in [0, 0.05) is 16.2 Å². The maximum absolute atomic E-state index is 6.91. The molecule has 0 saturated heterocycles. The smallest absolute Gasteiger partial charge is 0.149 e. The highest BCUT2D eigenvalue weighted by atomic mass is 16.3. The van der Waals surface area contributed by atoms with E-state index < -0.39 is 0 Å². The Morgan fingerprint density at radius 2 is 1.29 bits per heavy atom. The molecule has 7 aromatic carbocycles. The second-order valence-corrected chi connectivity index (χ2v) is 14.4. The quantitative estimate of drug-likeness (QED) is 0.173. The molecule has 10 rings (SSSR count). The molecule has 0 saturated carbocycles. The first kappa shape index (κ1) is 29.8. The third-order valence-corrected chi connectivity index (χ3v) is 10.6. The van der Waals surface area contributed by atoms with E-state index in [-0.39, 0.29) is 11.8 Å². The van der Waals surface area contributed by atoms with Gasteiger partial charge in [-0.15, -0.1) is 0 Å². The molecule has 0 N–H and O–H groups in total. The van der Waals surface area contributed by atoms with Crippen LogP contribution in [0.5, 0.6) is 0 Å². The van der Waals surface area contributed by atoms with Gasteiger partial charge in [0.1, 0.15) is 22.6 Å². The first-order valence-corrected chi connectivity index (χ1v) is 17.8. The lowest BCUT2D eigenvalue weighted by Gasteiger charge is -2.24. The number of hydrogen-bond donors (Lipinski definition) is 0. The summed E-state index contributed by atoms with van der Waals surface area (Å²) in [6.45, 7) is 9.16. The molecular formula is C47H36N2O2. The molecule has 0 aliphatic rings. The molecule has 0 amide bonds. The molecule has 246 valence electrons. The van der Waals surface area contributed by atoms with Crippen molar-refractivity contribution in [3.63, 3.8) is 0 Å². The molecule has 0 spiro atoms. The Hall–Kier alpha value is -6.13. The molecule has 0 fully saturated rings. The van der Waals surface area contributed by atoms with Crippen molar-refractivity contribution in [2.24, 2.45) is 0 Å². The van der Waals surface area contributed by atoms with Gasteiger partial charge >= 0.3 is 0 Å². The number of nitrogens with zero attached hydrogens (tertiary/aromatic N) is 2. The maximum Gasteiger partial charge on any atom is 0.149 e. The topological polar surface area (TPSA) is 44.1 Å². The third kappa shape index (κ3) is 4.49. The second-order valence-electron chi connectivity index (χ2n) is 14.4. The van der Waals surface area contributed by atoms with Crippen LogP contribution in [0.25, 0.3) is 93.7 Å². The Balaban J connectivity index is 1.32. The molecule has 51 heavy (non-hydrogen) atoms. The van der Waals surface area contributed by atoms with Crippen molar-refractivity contribution >= 4 is 65.5 Å². The average molecular weight is 661 g/mol. The van der Waals surface area contributed by atoms with Gasteiger partial charge in [-0.1, -0.05) is 107 Å². The zero-order valence-electron chi connectivity index (χ0n) is 29.1. The van der Waals surface area contributed by atoms with Crippen LogP contribution in [0.1, 0.15) is 50.7 Å². The van der Waals surface area contributed by atoms with Gasteiger partial charge in [0.25, 0.3) is 0 Å². The number of furan rings is 2. The van der Waals surface area contributed by atoms with E-state index in [1.165, 1.54) is 49.5 Å². The van der Waals surface area contributed by atoms with E-state index in [9.17, 15) is 0 Å². The van der Waals surface area contributed by atoms with Crippen LogP contribution in [0, 0.1) is 0 Å². The number of benzene rings is 7. The molecular weight excluding hydrogens is 625 g/mol. The Morgan fingerprint density at radius 3 is 2.10 bits per heavy atom. The molecule has 0 radical (unpaired) electrons. The van der Waals surface area contributed by atoms with Crippen LogP contribution in [-0.2, 0) is 0 Å². The van der Waals surface area contributed by atoms with E-state index in [1.807, 2.05) is 6.07 Å². The summed E-state index contributed by atoms with van der Waals surface area (Å²) in [4.78, 5) is 5.45. The minimum absolute atomic E-state index is 0.249. The average Bonchev–Trinajstić information content (AvgIpc) is 3.89. The van der Waals surface area contributed by atoms with Crippen LogP contribution in [-0.4, -0.2) is 9.55 Å². The number of fused-ring (bicyclic) bond motifs is 9. The van der Waals surface area contributed by atoms with E-state index >= 15 is 0 Å². The lowest BCUT2D eigenvalue weighted by atomic mass is 9.88. The highest BCUT2D eigenvalue weighted by Gasteiger charge is 2.27. The molecule has 0 atom stereocenters. The van der Waals surface area contributed by atoms with Crippen LogP contribution in [0.4, 0.5) is 0 Å². The lowest BCUT2D eigenvalue weighted by Crippen LogP contribution is -2.09. The molecule has 0 aliphatic heterocycles. The van der Waals surface area contributed by atoms with Crippen LogP contribution in [0.3, 0.4) is 0 Å². The largest absolute Gasteiger partial charge is 0.464 e. The van der Waals surface area contributed by atoms with Gasteiger partial charge in [-0.25, -0.2) is 4.98 Å². The summed E-state index contributed by atoms with van der Waals surface area (Å²) in [6.07, 6.45) is 1.78. The molecule has 3 aromatic heterocycles. The molecule has 0 unspecified atom stereocenters. The first-order valence-electron chi connectivity index (χ1n) is 17.8. The Bertz CT molecular complexity index is 2950. The molecule has 0 bridgehead atoms. The minimum Gasteiger partial charge on any atom is -0.464 e. The summed E-state index contributed by atoms with van der Waals surface area (Å²) in [7, 11) is 0. The summed E-state index contributed by atoms with van der Waals surface area (Å²) >= 11 is 0. The fourth-order valence-electron chi connectivity index (χ4n) is 8.10. The molecule has 10 aromatic rings. The highest BCUT2D eigenvalue weighted by Crippen LogP contribution is 2.44. The van der Waals surface area contributed by atoms with Crippen molar-refractivity contribution in [2.45, 2.75) is 39.5 Å². The normalized spacial score (nSPS) is 12.3. The third-order valence-electron chi connectivity index (χ3n) is 10.6. The predicted octanol–water partition coefficient (Wildman–Crippen LogP) is 13.6. The fraction of sp³-hybridized carbons (Fsp3) is 0.128. The van der Waals surface area contributed by atoms with Gasteiger partial charge in [-0.05, 0) is 104 Å². The number of hydrogen-bond acceptors (Lipinski definition) is 3. The van der Waals surface area contributed by atoms with Gasteiger partial charge in [0.15, 0.2) is 0 Å². The number of para-hydroxylation sites is 1. The zero-order valence-corrected chi connectivity index (χ0v) is 29.1. The highest BCUT2D eigenvalue weighted by molar-refractivity contribution is 6.17. The van der Waals surface area contributed by atoms with Crippen molar-refractivity contribution in [2.75, 3.05) is 0 Å². The van der Waals surface area contributed by atoms with E-state index in [4.69, 9.17) is 13.8 Å². The lowest BCUT2D eigenvalue weighted by molar-refractivity contribution is 0.616. The summed E-state index contributed by atoms with van der Waals surface area (Å²) in [5.41, 5.74) is 11.6. The maximum atomic E-state index is 6.91. The summed E-state index contributed by atoms with van der Waals surface area (Å²) < 4.78 is 15.3. The Kier molecular flexibility index (Phi) is 6.53. The number of rotatable bonds is 5. The summed E-state index contributed by atoms with van der Waals surface area (Å²) in [5.74, 6) is 1.35. The Morgan fingerprint density at radius 1 is 0.549 bits per heavy atom. The van der Waals surface area contributed by atoms with Crippen molar-refractivity contribution in [1.82, 2.24) is 9.55 Å². The SMILES string of the molecule is CC(C)c1cc(-c2ccccc2)cc(C(C)C)c1-n1c(-c2cccc3c2oc2cc4c(ccc5ccccc54)cc23)nc2ccc3occc3c21. The van der Waals surface area contributed by atoms with Crippen LogP contribution in [0.15, 0.2) is 142 Å². The summed E-state index contributed by atoms with van der Waals surface area (Å²) in [6, 6.07) is 45.6. The zero-order chi connectivity index (χ0) is 34.4. The van der Waals surface area contributed by atoms with Crippen LogP contribution >= 0.6 is 0 Å². The molecule has 3 heterocycles. The minimum atomic E-state index is 0.249. The number of aromatic nitrogens is 2. The van der Waals surface area contributed by atoms with Gasteiger partial charge < -0.3 is 8.83 Å². The van der Waals surface area contributed by atoms with Crippen molar-refractivity contribution in [3.05, 3.63) is 145 Å². The first-order chi connectivity index (χ1) is 24.9. The summed E-state index contributed by atoms with van der Waals surface area (Å²) in [5, 5.41) is 8.07. The van der Waals surface area contributed by atoms with Gasteiger partial charge in [0.2, 0.25) is 0 Å². The van der Waals surface area contributed by atoms with Gasteiger partial charge in [0.05, 0.1) is 28.5 Å². The Labute approximate surface area is 295 Å². The van der Waals surface area contributed by atoms with E-state index in [0.717, 1.165) is 55.3 Å². The van der Waals surface area contributed by atoms with Crippen LogP contribution < -0.4 is 0 Å². The molecule has 4 heteroatoms. The van der Waals surface area contributed by atoms with Gasteiger partial charge in [-0.2, -0.15) is 0 Å². The van der Waals surface area contributed by atoms with E-state index in [1.54, 1.807) is 6.26 Å². The van der Waals surface area contributed by atoms with Crippen molar-refractivity contribution in [3.8, 4) is 28.2 Å². The second kappa shape index (κ2) is 11.2. The van der Waals surface area contributed by atoms with Crippen LogP contribution in [0.2, 0.25) is 0 Å². The van der Waals surface area contributed by atoms with Gasteiger partial charge in [-0.3, -0.25) is 4.57 Å². The molecule has 4 nitrogen and oxygen atoms in total. The monoisotopic (exact) mass is 660 g/mol. The fourth-order valence-corrected chi connectivity index (χ4v) is 8.10. The van der Waals surface area contributed by atoms with E-state index in [0.29, 0.717) is 0 Å². The van der Waals surface area contributed by atoms with E-state index in [2.05, 4.69) is 154 Å². The molecule has 0 aliphatic carbocycles. The standard InChI is InChI=1S/C47H36N2O2/c1-27(2)37-24-32(29-11-6-5-7-12-29)25-38(28(3)4)44(37)49-45-35-21-22-50-42(35)20-19-41(45)48-47(49)36-16-10-15-34-40-23-31-18-17-30-13-8-9-14-33(30)39(31)26-43(40)51-46(34)36/h5-28H,1-4H3.